The summed E-state index contributed by atoms with van der Waals surface area (Å²) in [6, 6.07) is 12.8. The SMILES string of the molecule is O=C(C[C@@H]1CCCN1C(=O)c1ccccc1)O[C@@H](Cc1c(Cl)c[n+]([O-])cc1Cl)c1ccc(OC(F)F)c(OCC2CC2)c1. The van der Waals surface area contributed by atoms with Crippen molar-refractivity contribution in [2.24, 2.45) is 5.92 Å². The number of amides is 1. The maximum absolute atomic E-state index is 13.4. The molecule has 228 valence electrons. The van der Waals surface area contributed by atoms with E-state index in [-0.39, 0.29) is 46.3 Å². The van der Waals surface area contributed by atoms with Crippen molar-refractivity contribution < 1.29 is 37.3 Å². The molecular weight excluding hydrogens is 605 g/mol. The predicted octanol–water partition coefficient (Wildman–Crippen LogP) is 6.54. The average molecular weight is 635 g/mol. The molecule has 2 fully saturated rings. The molecular formula is C31H30Cl2F2N2O6. The minimum Gasteiger partial charge on any atom is -0.619 e. The smallest absolute Gasteiger partial charge is 0.387 e. The summed E-state index contributed by atoms with van der Waals surface area (Å²) < 4.78 is 43.1. The van der Waals surface area contributed by atoms with Gasteiger partial charge in [-0.05, 0) is 61.4 Å². The van der Waals surface area contributed by atoms with E-state index in [0.717, 1.165) is 31.7 Å². The normalized spacial score (nSPS) is 17.1. The molecule has 2 atom stereocenters. The van der Waals surface area contributed by atoms with Gasteiger partial charge in [-0.15, -0.1) is 0 Å². The van der Waals surface area contributed by atoms with E-state index in [2.05, 4.69) is 4.74 Å². The van der Waals surface area contributed by atoms with E-state index in [4.69, 9.17) is 32.7 Å². The number of esters is 1. The molecule has 0 radical (unpaired) electrons. The number of halogens is 4. The Morgan fingerprint density at radius 3 is 2.42 bits per heavy atom. The lowest BCUT2D eigenvalue weighted by atomic mass is 10.0. The molecule has 5 rings (SSSR count). The van der Waals surface area contributed by atoms with Gasteiger partial charge in [0.25, 0.3) is 5.91 Å². The van der Waals surface area contributed by atoms with Crippen LogP contribution >= 0.6 is 23.2 Å². The lowest BCUT2D eigenvalue weighted by Crippen LogP contribution is -2.37. The zero-order chi connectivity index (χ0) is 30.5. The van der Waals surface area contributed by atoms with Crippen LogP contribution in [-0.2, 0) is 16.0 Å². The Hall–Kier alpha value is -3.63. The van der Waals surface area contributed by atoms with Crippen molar-refractivity contribution in [2.45, 2.75) is 57.3 Å². The van der Waals surface area contributed by atoms with E-state index in [1.165, 1.54) is 18.2 Å². The molecule has 43 heavy (non-hydrogen) atoms. The first-order valence-corrected chi connectivity index (χ1v) is 14.8. The molecule has 1 aliphatic heterocycles. The minimum atomic E-state index is -3.06. The molecule has 1 saturated heterocycles. The molecule has 12 heteroatoms. The van der Waals surface area contributed by atoms with Crippen LogP contribution in [0.1, 0.15) is 59.7 Å². The third kappa shape index (κ3) is 8.06. The Kier molecular flexibility index (Phi) is 9.87. The highest BCUT2D eigenvalue weighted by Gasteiger charge is 2.33. The van der Waals surface area contributed by atoms with Gasteiger partial charge in [0.15, 0.2) is 23.9 Å². The number of carbonyl (C=O) groups excluding carboxylic acids is 2. The summed E-state index contributed by atoms with van der Waals surface area (Å²) >= 11 is 12.7. The molecule has 2 aromatic carbocycles. The molecule has 0 bridgehead atoms. The summed E-state index contributed by atoms with van der Waals surface area (Å²) in [7, 11) is 0. The lowest BCUT2D eigenvalue weighted by Gasteiger charge is -2.26. The molecule has 0 unspecified atom stereocenters. The topological polar surface area (TPSA) is 92.0 Å². The van der Waals surface area contributed by atoms with E-state index >= 15 is 0 Å². The summed E-state index contributed by atoms with van der Waals surface area (Å²) in [5.74, 6) is -0.450. The lowest BCUT2D eigenvalue weighted by molar-refractivity contribution is -0.605. The van der Waals surface area contributed by atoms with Gasteiger partial charge in [0.05, 0.1) is 13.0 Å². The minimum absolute atomic E-state index is 0.0152. The number of benzene rings is 2. The molecule has 2 aliphatic rings. The Bertz CT molecular complexity index is 1430. The van der Waals surface area contributed by atoms with Crippen LogP contribution in [0.5, 0.6) is 11.5 Å². The number of alkyl halides is 2. The van der Waals surface area contributed by atoms with Gasteiger partial charge in [-0.2, -0.15) is 13.5 Å². The van der Waals surface area contributed by atoms with Crippen LogP contribution in [0.4, 0.5) is 8.78 Å². The number of pyridine rings is 1. The van der Waals surface area contributed by atoms with Gasteiger partial charge in [0.2, 0.25) is 0 Å². The Labute approximate surface area is 257 Å². The van der Waals surface area contributed by atoms with Crippen LogP contribution in [0.2, 0.25) is 10.0 Å². The summed E-state index contributed by atoms with van der Waals surface area (Å²) in [6.45, 7) is -2.20. The summed E-state index contributed by atoms with van der Waals surface area (Å²) in [5, 5.41) is 12.0. The molecule has 3 aromatic rings. The van der Waals surface area contributed by atoms with Gasteiger partial charge in [-0.3, -0.25) is 9.59 Å². The maximum Gasteiger partial charge on any atom is 0.387 e. The highest BCUT2D eigenvalue weighted by molar-refractivity contribution is 6.35. The second-order valence-electron chi connectivity index (χ2n) is 10.7. The third-order valence-electron chi connectivity index (χ3n) is 7.51. The number of nitrogens with zero attached hydrogens (tertiary/aromatic N) is 2. The fourth-order valence-electron chi connectivity index (χ4n) is 5.12. The van der Waals surface area contributed by atoms with Crippen molar-refractivity contribution in [3.8, 4) is 11.5 Å². The van der Waals surface area contributed by atoms with Gasteiger partial charge >= 0.3 is 12.6 Å². The summed E-state index contributed by atoms with van der Waals surface area (Å²) in [6.07, 6.45) is 4.58. The number of hydrogen-bond acceptors (Lipinski definition) is 6. The third-order valence-corrected chi connectivity index (χ3v) is 8.16. The van der Waals surface area contributed by atoms with E-state index in [0.29, 0.717) is 46.9 Å². The highest BCUT2D eigenvalue weighted by Crippen LogP contribution is 2.38. The molecule has 1 aliphatic carbocycles. The van der Waals surface area contributed by atoms with Gasteiger partial charge < -0.3 is 24.3 Å². The average Bonchev–Trinajstić information content (AvgIpc) is 3.69. The fraction of sp³-hybridized carbons (Fsp3) is 0.387. The van der Waals surface area contributed by atoms with Crippen molar-refractivity contribution in [1.29, 1.82) is 0 Å². The standard InChI is InChI=1S/C31H30Cl2F2N2O6/c32-24-16-36(40)17-25(33)23(24)15-27(21-10-11-26(43-31(34)35)28(13-21)41-18-19-8-9-19)42-29(38)14-22-7-4-12-37(22)30(39)20-5-2-1-3-6-20/h1-3,5-6,10-11,13,16-17,19,22,27,31H,4,7-9,12,14-15,18H2/t22-,27-/m0/s1. The highest BCUT2D eigenvalue weighted by atomic mass is 35.5. The molecule has 2 heterocycles. The fourth-order valence-corrected chi connectivity index (χ4v) is 5.72. The molecule has 0 N–H and O–H groups in total. The summed E-state index contributed by atoms with van der Waals surface area (Å²) in [4.78, 5) is 28.2. The number of ether oxygens (including phenoxy) is 3. The zero-order valence-corrected chi connectivity index (χ0v) is 24.6. The Morgan fingerprint density at radius 2 is 1.74 bits per heavy atom. The number of rotatable bonds is 12. The van der Waals surface area contributed by atoms with Crippen molar-refractivity contribution in [2.75, 3.05) is 13.2 Å². The number of aromatic nitrogens is 1. The van der Waals surface area contributed by atoms with Gasteiger partial charge in [-0.1, -0.05) is 47.5 Å². The van der Waals surface area contributed by atoms with Gasteiger partial charge in [-0.25, -0.2) is 0 Å². The first-order valence-electron chi connectivity index (χ1n) is 14.0. The van der Waals surface area contributed by atoms with E-state index in [1.807, 2.05) is 6.07 Å². The number of carbonyl (C=O) groups is 2. The van der Waals surface area contributed by atoms with Crippen molar-refractivity contribution in [1.82, 2.24) is 4.90 Å². The van der Waals surface area contributed by atoms with Gasteiger partial charge in [0, 0.05) is 30.1 Å². The number of likely N-dealkylation sites (tertiary alicyclic amines) is 1. The monoisotopic (exact) mass is 634 g/mol. The van der Waals surface area contributed by atoms with E-state index < -0.39 is 18.7 Å². The predicted molar refractivity (Wildman–Crippen MR) is 154 cm³/mol. The van der Waals surface area contributed by atoms with E-state index in [9.17, 15) is 23.6 Å². The summed E-state index contributed by atoms with van der Waals surface area (Å²) in [5.41, 5.74) is 1.33. The number of hydrogen-bond donors (Lipinski definition) is 0. The quantitative estimate of drug-likeness (QED) is 0.128. The van der Waals surface area contributed by atoms with Crippen LogP contribution in [0.25, 0.3) is 0 Å². The molecule has 1 saturated carbocycles. The van der Waals surface area contributed by atoms with Crippen molar-refractivity contribution >= 4 is 35.1 Å². The van der Waals surface area contributed by atoms with Crippen LogP contribution in [0.3, 0.4) is 0 Å². The molecule has 1 amide bonds. The van der Waals surface area contributed by atoms with Crippen LogP contribution in [0.15, 0.2) is 60.9 Å². The second kappa shape index (κ2) is 13.8. The first kappa shape index (κ1) is 30.8. The van der Waals surface area contributed by atoms with Crippen molar-refractivity contribution in [3.63, 3.8) is 0 Å². The zero-order valence-electron chi connectivity index (χ0n) is 23.1. The molecule has 1 aromatic heterocycles. The van der Waals surface area contributed by atoms with Crippen LogP contribution in [0, 0.1) is 11.1 Å². The van der Waals surface area contributed by atoms with Crippen molar-refractivity contribution in [3.05, 3.63) is 92.9 Å². The Balaban J connectivity index is 1.39. The van der Waals surface area contributed by atoms with E-state index in [1.54, 1.807) is 29.2 Å². The maximum atomic E-state index is 13.4. The molecule has 0 spiro atoms. The Morgan fingerprint density at radius 1 is 1.02 bits per heavy atom. The van der Waals surface area contributed by atoms with Crippen LogP contribution in [-0.4, -0.2) is 42.6 Å². The first-order chi connectivity index (χ1) is 20.7. The largest absolute Gasteiger partial charge is 0.619 e. The van der Waals surface area contributed by atoms with Crippen LogP contribution < -0.4 is 14.2 Å². The van der Waals surface area contributed by atoms with Gasteiger partial charge in [0.1, 0.15) is 16.1 Å². The second-order valence-corrected chi connectivity index (χ2v) is 11.5. The molecule has 8 nitrogen and oxygen atoms in total.